The Kier molecular flexibility index (Phi) is 3.12. The van der Waals surface area contributed by atoms with E-state index in [9.17, 15) is 13.2 Å². The predicted octanol–water partition coefficient (Wildman–Crippen LogP) is 0.229. The Morgan fingerprint density at radius 2 is 2.21 bits per heavy atom. The quantitative estimate of drug-likeness (QED) is 0.533. The Morgan fingerprint density at radius 1 is 1.57 bits per heavy atom. The molecule has 1 rings (SSSR count). The van der Waals surface area contributed by atoms with Gasteiger partial charge in [-0.25, -0.2) is 8.98 Å². The van der Waals surface area contributed by atoms with Crippen LogP contribution < -0.4 is 0 Å². The van der Waals surface area contributed by atoms with Crippen molar-refractivity contribution in [2.24, 2.45) is 0 Å². The highest BCUT2D eigenvalue weighted by Crippen LogP contribution is 2.14. The fourth-order valence-electron chi connectivity index (χ4n) is 1.14. The van der Waals surface area contributed by atoms with Gasteiger partial charge in [0.1, 0.15) is 0 Å². The van der Waals surface area contributed by atoms with Crippen molar-refractivity contribution in [3.8, 4) is 0 Å². The van der Waals surface area contributed by atoms with Gasteiger partial charge in [-0.1, -0.05) is 12.2 Å². The predicted molar refractivity (Wildman–Crippen MR) is 48.2 cm³/mol. The van der Waals surface area contributed by atoms with Gasteiger partial charge < -0.3 is 5.11 Å². The van der Waals surface area contributed by atoms with Crippen LogP contribution in [0.3, 0.4) is 0 Å². The molecule has 1 N–H and O–H groups in total. The topological polar surface area (TPSA) is 83.9 Å². The van der Waals surface area contributed by atoms with E-state index in [1.165, 1.54) is 0 Å². The van der Waals surface area contributed by atoms with Gasteiger partial charge in [-0.15, -0.1) is 0 Å². The zero-order valence-corrected chi connectivity index (χ0v) is 8.40. The second kappa shape index (κ2) is 3.97. The van der Waals surface area contributed by atoms with Gasteiger partial charge >= 0.3 is 6.09 Å². The van der Waals surface area contributed by atoms with Crippen LogP contribution in [0, 0.1) is 0 Å². The van der Waals surface area contributed by atoms with Gasteiger partial charge in [-0.05, 0) is 0 Å². The van der Waals surface area contributed by atoms with Gasteiger partial charge in [0, 0.05) is 13.0 Å². The SMILES string of the molecule is CS(=O)(=O)OC1CC=CCN1C(=O)O. The molecular weight excluding hydrogens is 210 g/mol. The molecule has 1 heterocycles. The van der Waals surface area contributed by atoms with Crippen molar-refractivity contribution < 1.29 is 22.5 Å². The first-order valence-electron chi connectivity index (χ1n) is 3.93. The molecule has 0 saturated carbocycles. The van der Waals surface area contributed by atoms with Gasteiger partial charge in [-0.3, -0.25) is 4.90 Å². The van der Waals surface area contributed by atoms with E-state index >= 15 is 0 Å². The summed E-state index contributed by atoms with van der Waals surface area (Å²) in [6.45, 7) is 0.148. The number of amides is 1. The monoisotopic (exact) mass is 221 g/mol. The number of rotatable bonds is 2. The van der Waals surface area contributed by atoms with E-state index in [4.69, 9.17) is 5.11 Å². The summed E-state index contributed by atoms with van der Waals surface area (Å²) in [6, 6.07) is 0. The lowest BCUT2D eigenvalue weighted by atomic mass is 10.2. The Hall–Kier alpha value is -1.08. The molecule has 6 nitrogen and oxygen atoms in total. The van der Waals surface area contributed by atoms with E-state index in [-0.39, 0.29) is 13.0 Å². The minimum absolute atomic E-state index is 0.148. The molecule has 0 aliphatic carbocycles. The van der Waals surface area contributed by atoms with Crippen molar-refractivity contribution >= 4 is 16.2 Å². The fourth-order valence-corrected chi connectivity index (χ4v) is 1.73. The molecule has 0 aromatic rings. The van der Waals surface area contributed by atoms with Gasteiger partial charge in [0.15, 0.2) is 6.23 Å². The van der Waals surface area contributed by atoms with Crippen molar-refractivity contribution in [3.05, 3.63) is 12.2 Å². The van der Waals surface area contributed by atoms with E-state index in [2.05, 4.69) is 4.18 Å². The molecule has 0 spiro atoms. The van der Waals surface area contributed by atoms with Crippen molar-refractivity contribution in [1.29, 1.82) is 0 Å². The van der Waals surface area contributed by atoms with E-state index < -0.39 is 22.4 Å². The fraction of sp³-hybridized carbons (Fsp3) is 0.571. The molecule has 0 radical (unpaired) electrons. The molecule has 1 aliphatic rings. The summed E-state index contributed by atoms with van der Waals surface area (Å²) in [5, 5.41) is 8.72. The first-order valence-corrected chi connectivity index (χ1v) is 5.74. The highest BCUT2D eigenvalue weighted by molar-refractivity contribution is 7.86. The van der Waals surface area contributed by atoms with Crippen LogP contribution in [0.25, 0.3) is 0 Å². The smallest absolute Gasteiger partial charge is 0.409 e. The van der Waals surface area contributed by atoms with E-state index in [0.29, 0.717) is 0 Å². The number of carboxylic acid groups (broad SMARTS) is 1. The average molecular weight is 221 g/mol. The zero-order chi connectivity index (χ0) is 10.8. The number of nitrogens with zero attached hydrogens (tertiary/aromatic N) is 1. The Labute approximate surface area is 81.9 Å². The van der Waals surface area contributed by atoms with Crippen LogP contribution in [0.2, 0.25) is 0 Å². The largest absolute Gasteiger partial charge is 0.465 e. The number of hydrogen-bond acceptors (Lipinski definition) is 4. The van der Waals surface area contributed by atoms with E-state index in [0.717, 1.165) is 11.2 Å². The first-order chi connectivity index (χ1) is 6.40. The lowest BCUT2D eigenvalue weighted by Crippen LogP contribution is -2.43. The molecule has 1 amide bonds. The molecule has 0 aromatic heterocycles. The van der Waals surface area contributed by atoms with Crippen molar-refractivity contribution in [2.45, 2.75) is 12.6 Å². The molecule has 1 unspecified atom stereocenters. The summed E-state index contributed by atoms with van der Waals surface area (Å²) in [4.78, 5) is 11.6. The summed E-state index contributed by atoms with van der Waals surface area (Å²) in [7, 11) is -3.63. The second-order valence-corrected chi connectivity index (χ2v) is 4.50. The van der Waals surface area contributed by atoms with Crippen molar-refractivity contribution in [3.63, 3.8) is 0 Å². The molecule has 0 aromatic carbocycles. The molecule has 1 aliphatic heterocycles. The molecular formula is C7H11NO5S. The lowest BCUT2D eigenvalue weighted by Gasteiger charge is -2.28. The second-order valence-electron chi connectivity index (χ2n) is 2.90. The molecule has 1 atom stereocenters. The third-order valence-corrected chi connectivity index (χ3v) is 2.26. The number of hydrogen-bond donors (Lipinski definition) is 1. The summed E-state index contributed by atoms with van der Waals surface area (Å²) in [5.41, 5.74) is 0. The summed E-state index contributed by atoms with van der Waals surface area (Å²) < 4.78 is 26.2. The van der Waals surface area contributed by atoms with Gasteiger partial charge in [0.25, 0.3) is 10.1 Å². The summed E-state index contributed by atoms with van der Waals surface area (Å²) >= 11 is 0. The molecule has 7 heteroatoms. The van der Waals surface area contributed by atoms with Crippen LogP contribution in [0.15, 0.2) is 12.2 Å². The standard InChI is InChI=1S/C7H11NO5S/c1-14(11,12)13-6-4-2-3-5-8(6)7(9)10/h2-3,6H,4-5H2,1H3,(H,9,10). The average Bonchev–Trinajstić information content (AvgIpc) is 2.01. The molecule has 80 valence electrons. The van der Waals surface area contributed by atoms with Crippen molar-refractivity contribution in [1.82, 2.24) is 4.90 Å². The van der Waals surface area contributed by atoms with Crippen LogP contribution >= 0.6 is 0 Å². The lowest BCUT2D eigenvalue weighted by molar-refractivity contribution is 0.0396. The van der Waals surface area contributed by atoms with Crippen LogP contribution in [0.4, 0.5) is 4.79 Å². The van der Waals surface area contributed by atoms with Crippen molar-refractivity contribution in [2.75, 3.05) is 12.8 Å². The Morgan fingerprint density at radius 3 is 2.71 bits per heavy atom. The Balaban J connectivity index is 2.75. The minimum Gasteiger partial charge on any atom is -0.465 e. The van der Waals surface area contributed by atoms with E-state index in [1.54, 1.807) is 12.2 Å². The summed E-state index contributed by atoms with van der Waals surface area (Å²) in [6.07, 6.45) is 2.35. The minimum atomic E-state index is -3.63. The summed E-state index contributed by atoms with van der Waals surface area (Å²) in [5.74, 6) is 0. The van der Waals surface area contributed by atoms with Crippen LogP contribution in [0.5, 0.6) is 0 Å². The maximum absolute atomic E-state index is 10.8. The third-order valence-electron chi connectivity index (χ3n) is 1.69. The van der Waals surface area contributed by atoms with Gasteiger partial charge in [0.05, 0.1) is 6.26 Å². The van der Waals surface area contributed by atoms with Gasteiger partial charge in [0.2, 0.25) is 0 Å². The normalized spacial score (nSPS) is 22.4. The Bertz CT molecular complexity index is 347. The maximum Gasteiger partial charge on any atom is 0.409 e. The molecule has 14 heavy (non-hydrogen) atoms. The highest BCUT2D eigenvalue weighted by Gasteiger charge is 2.27. The number of carbonyl (C=O) groups is 1. The highest BCUT2D eigenvalue weighted by atomic mass is 32.2. The first kappa shape index (κ1) is 11.0. The maximum atomic E-state index is 10.8. The molecule has 0 saturated heterocycles. The van der Waals surface area contributed by atoms with Crippen LogP contribution in [0.1, 0.15) is 6.42 Å². The third kappa shape index (κ3) is 3.00. The van der Waals surface area contributed by atoms with Gasteiger partial charge in [-0.2, -0.15) is 8.42 Å². The van der Waals surface area contributed by atoms with E-state index in [1.807, 2.05) is 0 Å². The molecule has 0 bridgehead atoms. The van der Waals surface area contributed by atoms with Crippen LogP contribution in [-0.2, 0) is 14.3 Å². The zero-order valence-electron chi connectivity index (χ0n) is 7.58. The molecule has 0 fully saturated rings. The van der Waals surface area contributed by atoms with Crippen LogP contribution in [-0.4, -0.2) is 43.5 Å².